The molecule has 292 valence electrons. The summed E-state index contributed by atoms with van der Waals surface area (Å²) in [5.41, 5.74) is 4.96. The number of hydrogen-bond donors (Lipinski definition) is 3. The molecule has 2 atom stereocenters. The van der Waals surface area contributed by atoms with E-state index in [2.05, 4.69) is 42.5 Å². The number of nitrogens with zero attached hydrogens (tertiary/aromatic N) is 6. The molecule has 5 aromatic rings. The molecular weight excluding hydrogens is 727 g/mol. The fourth-order valence-electron chi connectivity index (χ4n) is 8.62. The fourth-order valence-corrected chi connectivity index (χ4v) is 8.62. The number of likely N-dealkylation sites (tertiary alicyclic amines) is 1. The van der Waals surface area contributed by atoms with E-state index in [1.54, 1.807) is 36.4 Å². The highest BCUT2D eigenvalue weighted by molar-refractivity contribution is 6.25. The van der Waals surface area contributed by atoms with Crippen LogP contribution in [0.5, 0.6) is 0 Å². The molecule has 15 heteroatoms. The predicted octanol–water partition coefficient (Wildman–Crippen LogP) is 5.10. The molecule has 3 saturated heterocycles. The molecule has 4 aliphatic heterocycles. The minimum Gasteiger partial charge on any atom is -0.421 e. The zero-order valence-corrected chi connectivity index (χ0v) is 31.6. The number of benzene rings is 3. The van der Waals surface area contributed by atoms with Gasteiger partial charge in [-0.25, -0.2) is 4.98 Å². The van der Waals surface area contributed by atoms with Crippen LogP contribution in [0.3, 0.4) is 0 Å². The molecule has 5 amide bonds. The van der Waals surface area contributed by atoms with Crippen LogP contribution in [-0.4, -0.2) is 91.2 Å². The number of carbonyl (C=O) groups excluding carboxylic acids is 5. The second-order valence-corrected chi connectivity index (χ2v) is 15.5. The van der Waals surface area contributed by atoms with Gasteiger partial charge in [-0.15, -0.1) is 10.2 Å². The van der Waals surface area contributed by atoms with Crippen molar-refractivity contribution in [3.05, 3.63) is 89.1 Å². The Balaban J connectivity index is 0.768. The van der Waals surface area contributed by atoms with Crippen LogP contribution >= 0.6 is 0 Å². The number of imide groups is 2. The van der Waals surface area contributed by atoms with Gasteiger partial charge in [-0.05, 0) is 113 Å². The van der Waals surface area contributed by atoms with Gasteiger partial charge in [0, 0.05) is 48.8 Å². The average molecular weight is 770 g/mol. The molecule has 2 aromatic heterocycles. The number of carbonyl (C=O) groups is 5. The number of amides is 5. The van der Waals surface area contributed by atoms with E-state index in [0.717, 1.165) is 59.7 Å². The van der Waals surface area contributed by atoms with E-state index < -0.39 is 29.7 Å². The van der Waals surface area contributed by atoms with Gasteiger partial charge in [-0.1, -0.05) is 6.07 Å². The van der Waals surface area contributed by atoms with Crippen molar-refractivity contribution in [3.8, 4) is 11.5 Å². The van der Waals surface area contributed by atoms with Crippen molar-refractivity contribution in [3.63, 3.8) is 0 Å². The summed E-state index contributed by atoms with van der Waals surface area (Å²) < 4.78 is 6.02. The Kier molecular flexibility index (Phi) is 9.60. The van der Waals surface area contributed by atoms with Gasteiger partial charge < -0.3 is 19.6 Å². The van der Waals surface area contributed by atoms with Crippen LogP contribution in [0.1, 0.15) is 94.7 Å². The molecule has 0 spiro atoms. The third kappa shape index (κ3) is 7.18. The summed E-state index contributed by atoms with van der Waals surface area (Å²) in [7, 11) is 0. The monoisotopic (exact) mass is 769 g/mol. The highest BCUT2D eigenvalue weighted by atomic mass is 16.4. The number of H-pyrrole nitrogens is 1. The first kappa shape index (κ1) is 36.4. The number of aromatic nitrogens is 4. The number of aryl methyl sites for hydroxylation is 1. The van der Waals surface area contributed by atoms with Crippen molar-refractivity contribution in [2.24, 2.45) is 5.92 Å². The van der Waals surface area contributed by atoms with Crippen LogP contribution < -0.4 is 15.5 Å². The van der Waals surface area contributed by atoms with Gasteiger partial charge in [0.25, 0.3) is 17.7 Å². The number of imidazole rings is 1. The number of aromatic amines is 1. The van der Waals surface area contributed by atoms with Crippen LogP contribution in [0, 0.1) is 5.92 Å². The van der Waals surface area contributed by atoms with Crippen LogP contribution in [-0.2, 0) is 22.6 Å². The molecule has 0 aliphatic carbocycles. The zero-order valence-electron chi connectivity index (χ0n) is 31.6. The van der Waals surface area contributed by atoms with E-state index in [1.807, 2.05) is 24.3 Å². The van der Waals surface area contributed by atoms with Gasteiger partial charge in [0.05, 0.1) is 34.4 Å². The molecule has 0 radical (unpaired) electrons. The molecule has 0 bridgehead atoms. The van der Waals surface area contributed by atoms with Gasteiger partial charge in [0.1, 0.15) is 11.9 Å². The SMILES string of the molecule is C[C@H]1CCCN1Cc1nc2ccc(NC(=O)c3ccc(-c4nnc(CCC5CCN(c6cccc7c6C(=O)N(C6CCC(=O)NC6=O)C7=O)CC5)o4)cc3)cc2[nH]1. The van der Waals surface area contributed by atoms with Crippen LogP contribution in [0.25, 0.3) is 22.5 Å². The third-order valence-electron chi connectivity index (χ3n) is 11.9. The third-order valence-corrected chi connectivity index (χ3v) is 11.9. The minimum absolute atomic E-state index is 0.0775. The van der Waals surface area contributed by atoms with Crippen molar-refractivity contribution >= 4 is 51.9 Å². The van der Waals surface area contributed by atoms with Gasteiger partial charge in [-0.2, -0.15) is 0 Å². The Morgan fingerprint density at radius 3 is 2.53 bits per heavy atom. The van der Waals surface area contributed by atoms with Crippen molar-refractivity contribution in [1.82, 2.24) is 35.3 Å². The van der Waals surface area contributed by atoms with Crippen LogP contribution in [0.4, 0.5) is 11.4 Å². The summed E-state index contributed by atoms with van der Waals surface area (Å²) in [5.74, 6) is 0.0152. The summed E-state index contributed by atoms with van der Waals surface area (Å²) in [6.07, 6.45) is 5.85. The Hall–Kier alpha value is -6.22. The Bertz CT molecular complexity index is 2400. The summed E-state index contributed by atoms with van der Waals surface area (Å²) in [5, 5.41) is 13.8. The second kappa shape index (κ2) is 15.0. The van der Waals surface area contributed by atoms with Crippen molar-refractivity contribution in [1.29, 1.82) is 0 Å². The number of anilines is 2. The molecule has 6 heterocycles. The normalized spacial score (nSPS) is 20.4. The zero-order chi connectivity index (χ0) is 39.2. The Labute approximate surface area is 328 Å². The van der Waals surface area contributed by atoms with Crippen LogP contribution in [0.15, 0.2) is 65.1 Å². The molecule has 15 nitrogen and oxygen atoms in total. The van der Waals surface area contributed by atoms with Gasteiger partial charge in [0.2, 0.25) is 23.6 Å². The Morgan fingerprint density at radius 2 is 1.75 bits per heavy atom. The highest BCUT2D eigenvalue weighted by Gasteiger charge is 2.46. The summed E-state index contributed by atoms with van der Waals surface area (Å²) in [6, 6.07) is 17.6. The largest absolute Gasteiger partial charge is 0.421 e. The quantitative estimate of drug-likeness (QED) is 0.161. The van der Waals surface area contributed by atoms with Crippen molar-refractivity contribution < 1.29 is 28.4 Å². The van der Waals surface area contributed by atoms with Gasteiger partial charge >= 0.3 is 0 Å². The molecule has 0 saturated carbocycles. The number of fused-ring (bicyclic) bond motifs is 2. The van der Waals surface area contributed by atoms with Gasteiger partial charge in [0.15, 0.2) is 0 Å². The highest BCUT2D eigenvalue weighted by Crippen LogP contribution is 2.36. The van der Waals surface area contributed by atoms with Crippen LogP contribution in [0.2, 0.25) is 0 Å². The lowest BCUT2D eigenvalue weighted by atomic mass is 9.91. The van der Waals surface area contributed by atoms with Crippen molar-refractivity contribution in [2.45, 2.75) is 76.9 Å². The maximum Gasteiger partial charge on any atom is 0.264 e. The summed E-state index contributed by atoms with van der Waals surface area (Å²) in [6.45, 7) is 5.53. The average Bonchev–Trinajstić information content (AvgIpc) is 4.01. The van der Waals surface area contributed by atoms with E-state index in [1.165, 1.54) is 12.8 Å². The fraction of sp³-hybridized carbons (Fsp3) is 0.381. The second-order valence-electron chi connectivity index (χ2n) is 15.5. The lowest BCUT2D eigenvalue weighted by Crippen LogP contribution is -2.54. The number of hydrogen-bond acceptors (Lipinski definition) is 11. The van der Waals surface area contributed by atoms with E-state index in [-0.39, 0.29) is 24.3 Å². The van der Waals surface area contributed by atoms with E-state index in [0.29, 0.717) is 65.8 Å². The molecule has 57 heavy (non-hydrogen) atoms. The van der Waals surface area contributed by atoms with Gasteiger partial charge in [-0.3, -0.25) is 39.1 Å². The lowest BCUT2D eigenvalue weighted by molar-refractivity contribution is -0.136. The molecular formula is C42H43N9O6. The summed E-state index contributed by atoms with van der Waals surface area (Å²) >= 11 is 0. The lowest BCUT2D eigenvalue weighted by Gasteiger charge is -2.34. The maximum atomic E-state index is 13.6. The molecule has 9 rings (SSSR count). The van der Waals surface area contributed by atoms with E-state index in [9.17, 15) is 24.0 Å². The van der Waals surface area contributed by atoms with Crippen molar-refractivity contribution in [2.75, 3.05) is 29.9 Å². The summed E-state index contributed by atoms with van der Waals surface area (Å²) in [4.78, 5) is 77.9. The standard InChI is InChI=1S/C42H43N9O6/c1-24-4-3-19-50(24)23-34-44-30-13-12-28(22-31(30)45-34)43-38(53)26-8-10-27(11-9-26)40-48-47-36(57-40)16-7-25-17-20-49(21-18-25)32-6-2-5-29-37(32)42(56)51(41(29)55)33-14-15-35(52)46-39(33)54/h2,5-6,8-13,22,24-25,33H,3-4,7,14-21,23H2,1H3,(H,43,53)(H,44,45)(H,46,52,54)/t24-,33?/m0/s1. The minimum atomic E-state index is -0.998. The molecule has 3 N–H and O–H groups in total. The first-order valence-corrected chi connectivity index (χ1v) is 19.7. The number of piperidine rings is 2. The molecule has 3 aromatic carbocycles. The van der Waals surface area contributed by atoms with E-state index >= 15 is 0 Å². The molecule has 3 fully saturated rings. The maximum absolute atomic E-state index is 13.6. The topological polar surface area (TPSA) is 187 Å². The predicted molar refractivity (Wildman–Crippen MR) is 209 cm³/mol. The number of rotatable bonds is 10. The van der Waals surface area contributed by atoms with E-state index in [4.69, 9.17) is 9.40 Å². The smallest absolute Gasteiger partial charge is 0.264 e. The first-order chi connectivity index (χ1) is 27.7. The molecule has 1 unspecified atom stereocenters. The Morgan fingerprint density at radius 1 is 0.930 bits per heavy atom. The first-order valence-electron chi connectivity index (χ1n) is 19.7. The molecule has 4 aliphatic rings. The number of nitrogens with one attached hydrogen (secondary N) is 3.